The lowest BCUT2D eigenvalue weighted by Crippen LogP contribution is -2.29. The summed E-state index contributed by atoms with van der Waals surface area (Å²) in [6.45, 7) is 2.00. The van der Waals surface area contributed by atoms with Gasteiger partial charge in [0, 0.05) is 19.0 Å². The van der Waals surface area contributed by atoms with Crippen molar-refractivity contribution in [1.82, 2.24) is 5.32 Å². The molecule has 0 aliphatic rings. The Labute approximate surface area is 124 Å². The van der Waals surface area contributed by atoms with Crippen molar-refractivity contribution in [1.29, 1.82) is 0 Å². The summed E-state index contributed by atoms with van der Waals surface area (Å²) in [5.41, 5.74) is 11.4. The second kappa shape index (κ2) is 9.17. The van der Waals surface area contributed by atoms with E-state index in [4.69, 9.17) is 16.2 Å². The van der Waals surface area contributed by atoms with Crippen LogP contribution in [0.1, 0.15) is 18.9 Å². The molecule has 0 heterocycles. The van der Waals surface area contributed by atoms with Crippen LogP contribution < -0.4 is 21.5 Å². The molecule has 7 heteroatoms. The van der Waals surface area contributed by atoms with E-state index in [1.165, 1.54) is 0 Å². The molecule has 0 aromatic heterocycles. The Balaban J connectivity index is 0.00000361. The van der Waals surface area contributed by atoms with E-state index in [0.29, 0.717) is 12.3 Å². The van der Waals surface area contributed by atoms with E-state index < -0.39 is 5.91 Å². The summed E-state index contributed by atoms with van der Waals surface area (Å²) in [7, 11) is 0. The lowest BCUT2D eigenvalue weighted by Gasteiger charge is -2.09. The van der Waals surface area contributed by atoms with Crippen molar-refractivity contribution in [3.05, 3.63) is 29.8 Å². The third-order valence-corrected chi connectivity index (χ3v) is 2.28. The maximum atomic E-state index is 11.4. The molecule has 0 aliphatic carbocycles. The average Bonchev–Trinajstić information content (AvgIpc) is 2.34. The zero-order chi connectivity index (χ0) is 14.3. The van der Waals surface area contributed by atoms with Gasteiger partial charge in [0.2, 0.25) is 5.91 Å². The third-order valence-electron chi connectivity index (χ3n) is 2.28. The standard InChI is InChI=1S/C13H19N3O3.ClH/c1-9(14)5-13(18)16-7-10-3-2-4-11(6-10)19-8-12(15)17;/h2-4,6,9H,5,7-8,14H2,1H3,(H2,15,17)(H,16,18);1H. The first kappa shape index (κ1) is 18.2. The zero-order valence-electron chi connectivity index (χ0n) is 11.3. The number of nitrogens with two attached hydrogens (primary N) is 2. The molecule has 0 saturated heterocycles. The van der Waals surface area contributed by atoms with Crippen molar-refractivity contribution in [2.45, 2.75) is 25.9 Å². The molecule has 0 bridgehead atoms. The quantitative estimate of drug-likeness (QED) is 0.674. The molecule has 5 N–H and O–H groups in total. The molecular formula is C13H20ClN3O3. The van der Waals surface area contributed by atoms with Crippen molar-refractivity contribution < 1.29 is 14.3 Å². The third kappa shape index (κ3) is 7.60. The van der Waals surface area contributed by atoms with Gasteiger partial charge in [0.1, 0.15) is 5.75 Å². The summed E-state index contributed by atoms with van der Waals surface area (Å²) in [6, 6.07) is 6.93. The van der Waals surface area contributed by atoms with Gasteiger partial charge in [-0.15, -0.1) is 12.4 Å². The summed E-state index contributed by atoms with van der Waals surface area (Å²) in [5, 5.41) is 2.76. The molecule has 0 saturated carbocycles. The van der Waals surface area contributed by atoms with Crippen molar-refractivity contribution in [2.24, 2.45) is 11.5 Å². The molecular weight excluding hydrogens is 282 g/mol. The molecule has 0 radical (unpaired) electrons. The van der Waals surface area contributed by atoms with E-state index >= 15 is 0 Å². The number of rotatable bonds is 7. The molecule has 1 atom stereocenters. The number of hydrogen-bond acceptors (Lipinski definition) is 4. The number of carbonyl (C=O) groups is 2. The Morgan fingerprint density at radius 2 is 2.10 bits per heavy atom. The maximum absolute atomic E-state index is 11.4. The second-order valence-corrected chi connectivity index (χ2v) is 4.36. The van der Waals surface area contributed by atoms with Gasteiger partial charge in [-0.3, -0.25) is 9.59 Å². The second-order valence-electron chi connectivity index (χ2n) is 4.36. The number of benzene rings is 1. The van der Waals surface area contributed by atoms with Gasteiger partial charge in [0.15, 0.2) is 6.61 Å². The highest BCUT2D eigenvalue weighted by molar-refractivity contribution is 5.85. The van der Waals surface area contributed by atoms with Gasteiger partial charge in [-0.05, 0) is 24.6 Å². The van der Waals surface area contributed by atoms with Crippen LogP contribution in [-0.2, 0) is 16.1 Å². The highest BCUT2D eigenvalue weighted by Gasteiger charge is 2.05. The number of carbonyl (C=O) groups excluding carboxylic acids is 2. The summed E-state index contributed by atoms with van der Waals surface area (Å²) < 4.78 is 5.17. The van der Waals surface area contributed by atoms with Crippen LogP contribution in [0.25, 0.3) is 0 Å². The molecule has 1 aromatic carbocycles. The molecule has 0 aliphatic heterocycles. The van der Waals surface area contributed by atoms with Gasteiger partial charge in [-0.25, -0.2) is 0 Å². The highest BCUT2D eigenvalue weighted by Crippen LogP contribution is 2.13. The van der Waals surface area contributed by atoms with Gasteiger partial charge in [0.05, 0.1) is 0 Å². The Morgan fingerprint density at radius 1 is 1.40 bits per heavy atom. The van der Waals surface area contributed by atoms with Crippen LogP contribution in [0.4, 0.5) is 0 Å². The van der Waals surface area contributed by atoms with Crippen LogP contribution in [0.2, 0.25) is 0 Å². The molecule has 6 nitrogen and oxygen atoms in total. The van der Waals surface area contributed by atoms with E-state index in [-0.39, 0.29) is 37.4 Å². The lowest BCUT2D eigenvalue weighted by molar-refractivity contribution is -0.121. The Morgan fingerprint density at radius 3 is 2.70 bits per heavy atom. The zero-order valence-corrected chi connectivity index (χ0v) is 12.1. The Bertz CT molecular complexity index is 452. The summed E-state index contributed by atoms with van der Waals surface area (Å²) in [6.07, 6.45) is 0.290. The number of ether oxygens (including phenoxy) is 1. The minimum Gasteiger partial charge on any atom is -0.484 e. The van der Waals surface area contributed by atoms with Gasteiger partial charge in [-0.1, -0.05) is 12.1 Å². The number of halogens is 1. The van der Waals surface area contributed by atoms with Crippen LogP contribution >= 0.6 is 12.4 Å². The predicted octanol–water partition coefficient (Wildman–Crippen LogP) is 0.326. The van der Waals surface area contributed by atoms with Crippen LogP contribution in [0, 0.1) is 0 Å². The number of hydrogen-bond donors (Lipinski definition) is 3. The average molecular weight is 302 g/mol. The monoisotopic (exact) mass is 301 g/mol. The summed E-state index contributed by atoms with van der Waals surface area (Å²) in [4.78, 5) is 22.0. The van der Waals surface area contributed by atoms with Crippen molar-refractivity contribution >= 4 is 24.2 Å². The first-order valence-electron chi connectivity index (χ1n) is 5.99. The number of amides is 2. The van der Waals surface area contributed by atoms with Gasteiger partial charge in [0.25, 0.3) is 5.91 Å². The number of primary amides is 1. The maximum Gasteiger partial charge on any atom is 0.255 e. The molecule has 1 aromatic rings. The van der Waals surface area contributed by atoms with Crippen LogP contribution in [-0.4, -0.2) is 24.5 Å². The van der Waals surface area contributed by atoms with Crippen molar-refractivity contribution in [2.75, 3.05) is 6.61 Å². The lowest BCUT2D eigenvalue weighted by atomic mass is 10.2. The van der Waals surface area contributed by atoms with Crippen LogP contribution in [0.3, 0.4) is 0 Å². The van der Waals surface area contributed by atoms with Gasteiger partial charge in [-0.2, -0.15) is 0 Å². The molecule has 1 rings (SSSR count). The minimum absolute atomic E-state index is 0. The summed E-state index contributed by atoms with van der Waals surface area (Å²) >= 11 is 0. The highest BCUT2D eigenvalue weighted by atomic mass is 35.5. The smallest absolute Gasteiger partial charge is 0.255 e. The van der Waals surface area contributed by atoms with Gasteiger partial charge >= 0.3 is 0 Å². The normalized spacial score (nSPS) is 11.1. The fraction of sp³-hybridized carbons (Fsp3) is 0.385. The Kier molecular flexibility index (Phi) is 8.35. The SMILES string of the molecule is CC(N)CC(=O)NCc1cccc(OCC(N)=O)c1.Cl. The molecule has 1 unspecified atom stereocenters. The molecule has 20 heavy (non-hydrogen) atoms. The van der Waals surface area contributed by atoms with Gasteiger partial charge < -0.3 is 21.5 Å². The topological polar surface area (TPSA) is 107 Å². The van der Waals surface area contributed by atoms with Crippen molar-refractivity contribution in [3.63, 3.8) is 0 Å². The number of nitrogens with one attached hydrogen (secondary N) is 1. The van der Waals surface area contributed by atoms with Crippen LogP contribution in [0.5, 0.6) is 5.75 Å². The largest absolute Gasteiger partial charge is 0.484 e. The molecule has 2 amide bonds. The molecule has 112 valence electrons. The van der Waals surface area contributed by atoms with Crippen molar-refractivity contribution in [3.8, 4) is 5.75 Å². The molecule has 0 fully saturated rings. The minimum atomic E-state index is -0.532. The Hall–Kier alpha value is -1.79. The first-order chi connectivity index (χ1) is 8.97. The fourth-order valence-electron chi connectivity index (χ4n) is 1.46. The summed E-state index contributed by atoms with van der Waals surface area (Å²) in [5.74, 6) is -0.0909. The van der Waals surface area contributed by atoms with E-state index in [9.17, 15) is 9.59 Å². The van der Waals surface area contributed by atoms with E-state index in [1.807, 2.05) is 6.07 Å². The fourth-order valence-corrected chi connectivity index (χ4v) is 1.46. The van der Waals surface area contributed by atoms with Crippen LogP contribution in [0.15, 0.2) is 24.3 Å². The van der Waals surface area contributed by atoms with E-state index in [1.54, 1.807) is 25.1 Å². The molecule has 0 spiro atoms. The van der Waals surface area contributed by atoms with E-state index in [0.717, 1.165) is 5.56 Å². The first-order valence-corrected chi connectivity index (χ1v) is 5.99. The van der Waals surface area contributed by atoms with E-state index in [2.05, 4.69) is 5.32 Å². The predicted molar refractivity (Wildman–Crippen MR) is 78.5 cm³/mol.